The zero-order valence-electron chi connectivity index (χ0n) is 36.3. The summed E-state index contributed by atoms with van der Waals surface area (Å²) in [5.41, 5.74) is 22.8. The lowest BCUT2D eigenvalue weighted by atomic mass is 10.0. The van der Waals surface area contributed by atoms with Crippen LogP contribution < -0.4 is 65.5 Å². The van der Waals surface area contributed by atoms with Crippen molar-refractivity contribution in [2.75, 3.05) is 32.8 Å². The minimum absolute atomic E-state index is 0.00257. The maximum absolute atomic E-state index is 13.9. The van der Waals surface area contributed by atoms with E-state index in [0.717, 1.165) is 0 Å². The second kappa shape index (κ2) is 29.6. The van der Waals surface area contributed by atoms with Crippen molar-refractivity contribution in [3.05, 3.63) is 36.4 Å². The predicted octanol–water partition coefficient (Wildman–Crippen LogP) is -6.11. The third kappa shape index (κ3) is 21.0. The second-order valence-electron chi connectivity index (χ2n) is 15.0. The number of carboxylic acid groups (broad SMARTS) is 1. The molecular formula is C38H65N17O10. The van der Waals surface area contributed by atoms with Gasteiger partial charge in [-0.2, -0.15) is 0 Å². The molecule has 7 atom stereocenters. The minimum Gasteiger partial charge on any atom is -0.480 e. The van der Waals surface area contributed by atoms with E-state index in [-0.39, 0.29) is 51.0 Å². The first kappa shape index (κ1) is 54.4. The van der Waals surface area contributed by atoms with Crippen molar-refractivity contribution in [1.82, 2.24) is 62.5 Å². The van der Waals surface area contributed by atoms with E-state index < -0.39 is 103 Å². The van der Waals surface area contributed by atoms with Gasteiger partial charge in [0.25, 0.3) is 0 Å². The number of aromatic nitrogens is 4. The number of carbonyl (C=O) groups excluding carboxylic acids is 7. The van der Waals surface area contributed by atoms with Crippen LogP contribution in [0, 0.1) is 5.41 Å². The number of nitrogens with one attached hydrogen (secondary N) is 11. The lowest BCUT2D eigenvalue weighted by Crippen LogP contribution is -2.59. The lowest BCUT2D eigenvalue weighted by Gasteiger charge is -2.25. The topological polar surface area (TPSA) is 459 Å². The van der Waals surface area contributed by atoms with Crippen LogP contribution in [-0.4, -0.2) is 159 Å². The van der Waals surface area contributed by atoms with Crippen LogP contribution in [0.5, 0.6) is 0 Å². The largest absolute Gasteiger partial charge is 0.480 e. The molecule has 2 aromatic heterocycles. The summed E-state index contributed by atoms with van der Waals surface area (Å²) < 4.78 is 0. The Balaban J connectivity index is 2.16. The lowest BCUT2D eigenvalue weighted by molar-refractivity contribution is -0.142. The number of guanidine groups is 1. The van der Waals surface area contributed by atoms with Crippen molar-refractivity contribution >= 4 is 53.3 Å². The maximum atomic E-state index is 13.9. The number of aromatic amines is 2. The number of aliphatic hydroxyl groups excluding tert-OH is 1. The van der Waals surface area contributed by atoms with E-state index in [1.165, 1.54) is 32.0 Å². The van der Waals surface area contributed by atoms with Crippen molar-refractivity contribution in [3.63, 3.8) is 0 Å². The first-order valence-corrected chi connectivity index (χ1v) is 21.1. The number of unbranched alkanes of at least 4 members (excludes halogenated alkanes) is 2. The van der Waals surface area contributed by atoms with Crippen molar-refractivity contribution in [3.8, 4) is 0 Å². The number of imidazole rings is 2. The number of H-pyrrole nitrogens is 2. The first-order chi connectivity index (χ1) is 31.0. The van der Waals surface area contributed by atoms with Gasteiger partial charge in [0.05, 0.1) is 37.2 Å². The van der Waals surface area contributed by atoms with Gasteiger partial charge in [0, 0.05) is 31.8 Å². The molecule has 0 fully saturated rings. The molecule has 0 aliphatic carbocycles. The number of hydrogen-bond acceptors (Lipinski definition) is 15. The number of hydrogen-bond donors (Lipinski definition) is 17. The summed E-state index contributed by atoms with van der Waals surface area (Å²) in [7, 11) is 0. The van der Waals surface area contributed by atoms with Gasteiger partial charge in [0.15, 0.2) is 5.96 Å². The van der Waals surface area contributed by atoms with E-state index in [1.54, 1.807) is 0 Å². The maximum Gasteiger partial charge on any atom is 0.326 e. The summed E-state index contributed by atoms with van der Waals surface area (Å²) in [6.07, 6.45) is 7.68. The van der Waals surface area contributed by atoms with Crippen LogP contribution in [0.2, 0.25) is 0 Å². The summed E-state index contributed by atoms with van der Waals surface area (Å²) in [6, 6.07) is -8.95. The van der Waals surface area contributed by atoms with Crippen molar-refractivity contribution < 1.29 is 48.6 Å². The molecular weight excluding hydrogens is 855 g/mol. The molecule has 362 valence electrons. The number of amides is 7. The molecule has 2 aromatic rings. The molecule has 0 saturated carbocycles. The minimum atomic E-state index is -1.37. The molecule has 27 heteroatoms. The standard InChI is InChI=1S/C38H65N17O10/c1-21(31(58)51-25(7-2-4-10-39)34(61)53-27(37(64)65)9-6-12-46-38(42)43)50-30(57)17-47-33(60)28(13-22-15-44-19-48-22)54-36(63)29(14-23-16-45-20-49-23)55-35(62)26(8-3-5-11-40)52-32(59)24(41)18-56/h15-16,19-21,24-29,56H,2-14,17-18,39-41H2,1H3,(H,44,48)(H,45,49)(H,47,60)(H,50,57)(H,51,58)(H,52,59)(H,53,61)(H,54,63)(H,55,62)(H,64,65)(H4,42,43,46)/t21-,24-,25-,26-,27-,28-,29-/m0/s1. The van der Waals surface area contributed by atoms with Crippen LogP contribution in [0.4, 0.5) is 0 Å². The van der Waals surface area contributed by atoms with E-state index >= 15 is 0 Å². The third-order valence-electron chi connectivity index (χ3n) is 9.69. The van der Waals surface area contributed by atoms with Crippen LogP contribution in [0.3, 0.4) is 0 Å². The first-order valence-electron chi connectivity index (χ1n) is 21.1. The molecule has 27 nitrogen and oxygen atoms in total. The Morgan fingerprint density at radius 2 is 1.11 bits per heavy atom. The normalized spacial score (nSPS) is 14.2. The Bertz CT molecular complexity index is 1830. The highest BCUT2D eigenvalue weighted by atomic mass is 16.4. The molecule has 2 rings (SSSR count). The summed E-state index contributed by atoms with van der Waals surface area (Å²) >= 11 is 0. The highest BCUT2D eigenvalue weighted by molar-refractivity contribution is 5.97. The molecule has 0 radical (unpaired) electrons. The molecule has 0 saturated heterocycles. The Morgan fingerprint density at radius 3 is 1.57 bits per heavy atom. The fraction of sp³-hybridized carbons (Fsp3) is 0.605. The number of nitrogens with zero attached hydrogens (tertiary/aromatic N) is 2. The van der Waals surface area contributed by atoms with Crippen LogP contribution >= 0.6 is 0 Å². The van der Waals surface area contributed by atoms with E-state index in [9.17, 15) is 48.6 Å². The number of aliphatic hydroxyl groups is 1. The van der Waals surface area contributed by atoms with Gasteiger partial charge in [-0.1, -0.05) is 0 Å². The smallest absolute Gasteiger partial charge is 0.326 e. The fourth-order valence-electron chi connectivity index (χ4n) is 6.08. The molecule has 65 heavy (non-hydrogen) atoms. The van der Waals surface area contributed by atoms with Crippen molar-refractivity contribution in [1.29, 1.82) is 5.41 Å². The number of carbonyl (C=O) groups is 8. The quantitative estimate of drug-likeness (QED) is 0.0184. The predicted molar refractivity (Wildman–Crippen MR) is 233 cm³/mol. The zero-order valence-corrected chi connectivity index (χ0v) is 36.3. The number of rotatable bonds is 32. The molecule has 0 aliphatic rings. The number of nitrogens with two attached hydrogens (primary N) is 4. The zero-order chi connectivity index (χ0) is 48.3. The van der Waals surface area contributed by atoms with Crippen LogP contribution in [0.1, 0.15) is 69.7 Å². The van der Waals surface area contributed by atoms with E-state index in [4.69, 9.17) is 28.3 Å². The van der Waals surface area contributed by atoms with Crippen LogP contribution in [0.25, 0.3) is 0 Å². The van der Waals surface area contributed by atoms with Gasteiger partial charge in [-0.15, -0.1) is 0 Å². The Kier molecular flexibility index (Phi) is 24.8. The van der Waals surface area contributed by atoms with Gasteiger partial charge < -0.3 is 85.6 Å². The van der Waals surface area contributed by atoms with Crippen LogP contribution in [0.15, 0.2) is 25.0 Å². The van der Waals surface area contributed by atoms with E-state index in [0.29, 0.717) is 50.2 Å². The molecule has 0 spiro atoms. The molecule has 0 bridgehead atoms. The van der Waals surface area contributed by atoms with Gasteiger partial charge in [-0.25, -0.2) is 14.8 Å². The van der Waals surface area contributed by atoms with Gasteiger partial charge in [0.1, 0.15) is 42.3 Å². The van der Waals surface area contributed by atoms with E-state index in [2.05, 4.69) is 62.5 Å². The SMILES string of the molecule is C[C@H](NC(=O)CNC(=O)[C@H](Cc1c[nH]cn1)NC(=O)[C@H](Cc1c[nH]cn1)NC(=O)[C@H](CCCCN)NC(=O)[C@@H](N)CO)C(=O)N[C@@H](CCCCN)C(=O)N[C@@H](CCCNC(=N)N)C(=O)O. The van der Waals surface area contributed by atoms with Crippen LogP contribution in [-0.2, 0) is 51.2 Å². The van der Waals surface area contributed by atoms with Gasteiger partial charge >= 0.3 is 5.97 Å². The van der Waals surface area contributed by atoms with Gasteiger partial charge in [-0.3, -0.25) is 39.0 Å². The summed E-state index contributed by atoms with van der Waals surface area (Å²) in [4.78, 5) is 119. The average molecular weight is 920 g/mol. The molecule has 0 aromatic carbocycles. The van der Waals surface area contributed by atoms with Gasteiger partial charge in [-0.05, 0) is 71.4 Å². The molecule has 21 N–H and O–H groups in total. The molecule has 7 amide bonds. The Hall–Kier alpha value is -6.71. The monoisotopic (exact) mass is 920 g/mol. The fourth-order valence-corrected chi connectivity index (χ4v) is 6.08. The summed E-state index contributed by atoms with van der Waals surface area (Å²) in [6.45, 7) is 0.793. The molecule has 2 heterocycles. The van der Waals surface area contributed by atoms with Crippen molar-refractivity contribution in [2.24, 2.45) is 22.9 Å². The van der Waals surface area contributed by atoms with Crippen molar-refractivity contribution in [2.45, 2.75) is 113 Å². The summed E-state index contributed by atoms with van der Waals surface area (Å²) in [5.74, 6) is -7.24. The molecule has 0 aliphatic heterocycles. The average Bonchev–Trinajstić information content (AvgIpc) is 3.99. The molecule has 0 unspecified atom stereocenters. The third-order valence-corrected chi connectivity index (χ3v) is 9.69. The van der Waals surface area contributed by atoms with E-state index in [1.807, 2.05) is 0 Å². The Labute approximate surface area is 374 Å². The highest BCUT2D eigenvalue weighted by Crippen LogP contribution is 2.08. The number of carboxylic acids is 1. The Morgan fingerprint density at radius 1 is 0.646 bits per heavy atom. The van der Waals surface area contributed by atoms with Gasteiger partial charge in [0.2, 0.25) is 41.4 Å². The summed E-state index contributed by atoms with van der Waals surface area (Å²) in [5, 5.41) is 46.3. The highest BCUT2D eigenvalue weighted by Gasteiger charge is 2.32. The number of aliphatic carboxylic acids is 1. The second-order valence-corrected chi connectivity index (χ2v) is 15.0.